The van der Waals surface area contributed by atoms with Crippen LogP contribution in [0.2, 0.25) is 0 Å². The molecule has 21 heavy (non-hydrogen) atoms. The minimum absolute atomic E-state index is 0.0287. The van der Waals surface area contributed by atoms with Gasteiger partial charge in [0.05, 0.1) is 17.5 Å². The molecule has 1 N–H and O–H groups in total. The van der Waals surface area contributed by atoms with Crippen molar-refractivity contribution in [2.75, 3.05) is 6.61 Å². The van der Waals surface area contributed by atoms with Crippen LogP contribution in [0.25, 0.3) is 0 Å². The molecule has 1 unspecified atom stereocenters. The molecule has 0 saturated heterocycles. The van der Waals surface area contributed by atoms with E-state index in [-0.39, 0.29) is 11.9 Å². The summed E-state index contributed by atoms with van der Waals surface area (Å²) in [4.78, 5) is 13.1. The molecule has 0 bridgehead atoms. The number of rotatable bonds is 5. The maximum absolute atomic E-state index is 12.3. The highest BCUT2D eigenvalue weighted by Crippen LogP contribution is 2.27. The molecule has 1 aromatic carbocycles. The molecule has 1 heterocycles. The van der Waals surface area contributed by atoms with Crippen LogP contribution in [0.4, 0.5) is 0 Å². The van der Waals surface area contributed by atoms with Crippen LogP contribution in [-0.2, 0) is 0 Å². The fourth-order valence-corrected chi connectivity index (χ4v) is 3.07. The lowest BCUT2D eigenvalue weighted by Gasteiger charge is -2.18. The zero-order chi connectivity index (χ0) is 15.4. The van der Waals surface area contributed by atoms with E-state index in [1.54, 1.807) is 0 Å². The third-order valence-corrected chi connectivity index (χ3v) is 4.36. The quantitative estimate of drug-likeness (QED) is 0.896. The molecule has 0 spiro atoms. The fraction of sp³-hybridized carbons (Fsp3) is 0.353. The summed E-state index contributed by atoms with van der Waals surface area (Å²) in [5, 5.41) is 4.99. The predicted molar refractivity (Wildman–Crippen MR) is 87.3 cm³/mol. The van der Waals surface area contributed by atoms with Crippen LogP contribution < -0.4 is 10.1 Å². The Labute approximate surface area is 130 Å². The van der Waals surface area contributed by atoms with Crippen molar-refractivity contribution in [2.45, 2.75) is 33.7 Å². The van der Waals surface area contributed by atoms with Crippen molar-refractivity contribution in [3.63, 3.8) is 0 Å². The topological polar surface area (TPSA) is 38.3 Å². The molecule has 1 atom stereocenters. The summed E-state index contributed by atoms with van der Waals surface area (Å²) in [6, 6.07) is 7.92. The van der Waals surface area contributed by atoms with Gasteiger partial charge in [0, 0.05) is 5.56 Å². The summed E-state index contributed by atoms with van der Waals surface area (Å²) in [6.07, 6.45) is 0. The largest absolute Gasteiger partial charge is 0.494 e. The lowest BCUT2D eigenvalue weighted by molar-refractivity contribution is 0.0943. The van der Waals surface area contributed by atoms with E-state index in [1.807, 2.05) is 51.3 Å². The minimum Gasteiger partial charge on any atom is -0.494 e. The van der Waals surface area contributed by atoms with Gasteiger partial charge in [-0.15, -0.1) is 11.3 Å². The standard InChI is InChI=1S/C17H21NO2S/c1-5-20-15-7-6-11(2)10-14(15)13(4)18-17(19)16-12(3)8-9-21-16/h6-10,13H,5H2,1-4H3,(H,18,19). The molecule has 2 rings (SSSR count). The first-order chi connectivity index (χ1) is 10.0. The van der Waals surface area contributed by atoms with Gasteiger partial charge in [-0.05, 0) is 50.8 Å². The highest BCUT2D eigenvalue weighted by Gasteiger charge is 2.17. The maximum Gasteiger partial charge on any atom is 0.262 e. The second kappa shape index (κ2) is 6.76. The smallest absolute Gasteiger partial charge is 0.262 e. The number of benzene rings is 1. The van der Waals surface area contributed by atoms with E-state index < -0.39 is 0 Å². The molecule has 4 heteroatoms. The SMILES string of the molecule is CCOc1ccc(C)cc1C(C)NC(=O)c1sccc1C. The van der Waals surface area contributed by atoms with Crippen molar-refractivity contribution in [1.82, 2.24) is 5.32 Å². The maximum atomic E-state index is 12.3. The Morgan fingerprint density at radius 3 is 2.71 bits per heavy atom. The molecule has 0 radical (unpaired) electrons. The van der Waals surface area contributed by atoms with E-state index in [2.05, 4.69) is 11.4 Å². The second-order valence-corrected chi connectivity index (χ2v) is 6.02. The van der Waals surface area contributed by atoms with E-state index in [4.69, 9.17) is 4.74 Å². The van der Waals surface area contributed by atoms with Crippen LogP contribution in [-0.4, -0.2) is 12.5 Å². The number of ether oxygens (including phenoxy) is 1. The Kier molecular flexibility index (Phi) is 5.02. The van der Waals surface area contributed by atoms with Gasteiger partial charge in [-0.3, -0.25) is 4.79 Å². The first-order valence-electron chi connectivity index (χ1n) is 7.11. The molecule has 0 aliphatic rings. The molecule has 2 aromatic rings. The van der Waals surface area contributed by atoms with Gasteiger partial charge in [-0.25, -0.2) is 0 Å². The molecule has 0 saturated carbocycles. The first kappa shape index (κ1) is 15.6. The van der Waals surface area contributed by atoms with Crippen molar-refractivity contribution in [1.29, 1.82) is 0 Å². The monoisotopic (exact) mass is 303 g/mol. The first-order valence-corrected chi connectivity index (χ1v) is 7.99. The van der Waals surface area contributed by atoms with Crippen LogP contribution >= 0.6 is 11.3 Å². The molecule has 0 aliphatic carbocycles. The molecule has 0 fully saturated rings. The van der Waals surface area contributed by atoms with Crippen LogP contribution in [0.15, 0.2) is 29.6 Å². The number of thiophene rings is 1. The van der Waals surface area contributed by atoms with E-state index in [0.717, 1.165) is 27.3 Å². The van der Waals surface area contributed by atoms with E-state index in [1.165, 1.54) is 11.3 Å². The van der Waals surface area contributed by atoms with Crippen molar-refractivity contribution in [2.24, 2.45) is 0 Å². The molecular formula is C17H21NO2S. The Hall–Kier alpha value is -1.81. The van der Waals surface area contributed by atoms with Gasteiger partial charge in [0.25, 0.3) is 5.91 Å². The zero-order valence-electron chi connectivity index (χ0n) is 12.9. The lowest BCUT2D eigenvalue weighted by atomic mass is 10.0. The van der Waals surface area contributed by atoms with Gasteiger partial charge < -0.3 is 10.1 Å². The summed E-state index contributed by atoms with van der Waals surface area (Å²) < 4.78 is 5.66. The van der Waals surface area contributed by atoms with Crippen molar-refractivity contribution in [3.05, 3.63) is 51.2 Å². The average Bonchev–Trinajstić information content (AvgIpc) is 2.87. The van der Waals surface area contributed by atoms with Crippen LogP contribution in [0, 0.1) is 13.8 Å². The third-order valence-electron chi connectivity index (χ3n) is 3.35. The van der Waals surface area contributed by atoms with Gasteiger partial charge in [0.1, 0.15) is 5.75 Å². The van der Waals surface area contributed by atoms with Crippen LogP contribution in [0.1, 0.15) is 46.3 Å². The van der Waals surface area contributed by atoms with Crippen molar-refractivity contribution in [3.8, 4) is 5.75 Å². The number of hydrogen-bond donors (Lipinski definition) is 1. The molecule has 1 aromatic heterocycles. The van der Waals surface area contributed by atoms with Crippen molar-refractivity contribution < 1.29 is 9.53 Å². The van der Waals surface area contributed by atoms with Gasteiger partial charge in [0.15, 0.2) is 0 Å². The van der Waals surface area contributed by atoms with Gasteiger partial charge in [-0.1, -0.05) is 17.7 Å². The summed E-state index contributed by atoms with van der Waals surface area (Å²) in [5.41, 5.74) is 3.18. The van der Waals surface area contributed by atoms with Gasteiger partial charge in [-0.2, -0.15) is 0 Å². The normalized spacial score (nSPS) is 12.0. The zero-order valence-corrected chi connectivity index (χ0v) is 13.7. The van der Waals surface area contributed by atoms with Gasteiger partial charge >= 0.3 is 0 Å². The van der Waals surface area contributed by atoms with Gasteiger partial charge in [0.2, 0.25) is 0 Å². The Morgan fingerprint density at radius 2 is 2.10 bits per heavy atom. The molecule has 1 amide bonds. The lowest BCUT2D eigenvalue weighted by Crippen LogP contribution is -2.26. The highest BCUT2D eigenvalue weighted by atomic mass is 32.1. The fourth-order valence-electron chi connectivity index (χ4n) is 2.24. The van der Waals surface area contributed by atoms with Crippen molar-refractivity contribution >= 4 is 17.2 Å². The Bertz CT molecular complexity index is 633. The van der Waals surface area contributed by atoms with Crippen LogP contribution in [0.3, 0.4) is 0 Å². The number of nitrogens with one attached hydrogen (secondary N) is 1. The molecule has 3 nitrogen and oxygen atoms in total. The summed E-state index contributed by atoms with van der Waals surface area (Å²) in [6.45, 7) is 8.55. The minimum atomic E-state index is -0.0968. The summed E-state index contributed by atoms with van der Waals surface area (Å²) in [5.74, 6) is 0.803. The Balaban J connectivity index is 2.20. The van der Waals surface area contributed by atoms with E-state index >= 15 is 0 Å². The summed E-state index contributed by atoms with van der Waals surface area (Å²) in [7, 11) is 0. The molecular weight excluding hydrogens is 282 g/mol. The third kappa shape index (κ3) is 3.64. The Morgan fingerprint density at radius 1 is 1.33 bits per heavy atom. The number of aryl methyl sites for hydroxylation is 2. The highest BCUT2D eigenvalue weighted by molar-refractivity contribution is 7.12. The van der Waals surface area contributed by atoms with Crippen LogP contribution in [0.5, 0.6) is 5.75 Å². The predicted octanol–water partition coefficient (Wildman–Crippen LogP) is 4.25. The number of hydrogen-bond acceptors (Lipinski definition) is 3. The molecule has 112 valence electrons. The average molecular weight is 303 g/mol. The summed E-state index contributed by atoms with van der Waals surface area (Å²) >= 11 is 1.47. The number of amides is 1. The molecule has 0 aliphatic heterocycles. The van der Waals surface area contributed by atoms with E-state index in [9.17, 15) is 4.79 Å². The number of carbonyl (C=O) groups excluding carboxylic acids is 1. The number of carbonyl (C=O) groups is 1. The second-order valence-electron chi connectivity index (χ2n) is 5.10. The van der Waals surface area contributed by atoms with E-state index in [0.29, 0.717) is 6.61 Å².